The second-order valence-corrected chi connectivity index (χ2v) is 7.16. The molecule has 0 aliphatic heterocycles. The number of unbranched alkanes of at least 4 members (excludes halogenated alkanes) is 3. The van der Waals surface area contributed by atoms with Crippen LogP contribution >= 0.6 is 11.3 Å². The summed E-state index contributed by atoms with van der Waals surface area (Å²) >= 11 is 1.56. The molecule has 0 aliphatic carbocycles. The highest BCUT2D eigenvalue weighted by atomic mass is 32.1. The average molecular weight is 378 g/mol. The first-order chi connectivity index (χ1) is 13.2. The number of ether oxygens (including phenoxy) is 1. The Balaban J connectivity index is 1.49. The molecule has 2 aromatic carbocycles. The maximum Gasteiger partial charge on any atom is 0.228 e. The second-order valence-electron chi connectivity index (χ2n) is 6.27. The van der Waals surface area contributed by atoms with Crippen LogP contribution in [0.2, 0.25) is 0 Å². The maximum absolute atomic E-state index is 12.3. The molecule has 1 aromatic heterocycles. The maximum atomic E-state index is 12.3. The number of carbonyl (C=O) groups excluding carboxylic acids is 1. The lowest BCUT2D eigenvalue weighted by Crippen LogP contribution is -2.14. The van der Waals surface area contributed by atoms with Crippen molar-refractivity contribution in [1.82, 2.24) is 4.98 Å². The van der Waals surface area contributed by atoms with Crippen molar-refractivity contribution in [1.29, 1.82) is 0 Å². The van der Waals surface area contributed by atoms with Crippen molar-refractivity contribution in [3.05, 3.63) is 53.5 Å². The van der Waals surface area contributed by atoms with E-state index in [1.165, 1.54) is 0 Å². The SMILES string of the molecule is C#CCCCCCOc1cccc(CC(=O)Nc2ccc3ncsc3c2)c1. The fourth-order valence-electron chi connectivity index (χ4n) is 2.76. The summed E-state index contributed by atoms with van der Waals surface area (Å²) in [7, 11) is 0. The first kappa shape index (κ1) is 18.9. The fraction of sp³-hybridized carbons (Fsp3) is 0.273. The highest BCUT2D eigenvalue weighted by Crippen LogP contribution is 2.22. The molecule has 0 fully saturated rings. The van der Waals surface area contributed by atoms with Crippen molar-refractivity contribution in [2.75, 3.05) is 11.9 Å². The van der Waals surface area contributed by atoms with Gasteiger partial charge in [-0.3, -0.25) is 4.79 Å². The number of fused-ring (bicyclic) bond motifs is 1. The third kappa shape index (κ3) is 5.83. The van der Waals surface area contributed by atoms with Crippen LogP contribution in [0.3, 0.4) is 0 Å². The van der Waals surface area contributed by atoms with Gasteiger partial charge in [0.2, 0.25) is 5.91 Å². The Labute approximate surface area is 163 Å². The summed E-state index contributed by atoms with van der Waals surface area (Å²) in [5, 5.41) is 2.95. The molecule has 27 heavy (non-hydrogen) atoms. The van der Waals surface area contributed by atoms with E-state index in [4.69, 9.17) is 11.2 Å². The van der Waals surface area contributed by atoms with Crippen LogP contribution < -0.4 is 10.1 Å². The van der Waals surface area contributed by atoms with E-state index in [0.29, 0.717) is 13.0 Å². The summed E-state index contributed by atoms with van der Waals surface area (Å²) in [6, 6.07) is 13.4. The Hall–Kier alpha value is -2.84. The van der Waals surface area contributed by atoms with Gasteiger partial charge in [-0.05, 0) is 55.2 Å². The zero-order chi connectivity index (χ0) is 18.9. The van der Waals surface area contributed by atoms with Crippen LogP contribution in [0.25, 0.3) is 10.2 Å². The number of carbonyl (C=O) groups is 1. The van der Waals surface area contributed by atoms with E-state index in [9.17, 15) is 4.79 Å². The number of nitrogens with one attached hydrogen (secondary N) is 1. The molecule has 0 atom stereocenters. The standard InChI is InChI=1S/C22H22N2O2S/c1-2-3-4-5-6-12-26-19-9-7-8-17(13-19)14-22(25)24-18-10-11-20-21(15-18)27-16-23-20/h1,7-11,13,15-16H,3-6,12,14H2,(H,24,25). The molecule has 1 heterocycles. The monoisotopic (exact) mass is 378 g/mol. The molecule has 0 saturated carbocycles. The largest absolute Gasteiger partial charge is 0.494 e. The first-order valence-corrected chi connectivity index (χ1v) is 9.91. The normalized spacial score (nSPS) is 10.5. The van der Waals surface area contributed by atoms with E-state index >= 15 is 0 Å². The minimum absolute atomic E-state index is 0.0506. The Morgan fingerprint density at radius 1 is 1.19 bits per heavy atom. The summed E-state index contributed by atoms with van der Waals surface area (Å²) < 4.78 is 6.84. The summed E-state index contributed by atoms with van der Waals surface area (Å²) in [5.74, 6) is 3.39. The smallest absolute Gasteiger partial charge is 0.228 e. The van der Waals surface area contributed by atoms with Crippen LogP contribution in [0.1, 0.15) is 31.2 Å². The highest BCUT2D eigenvalue weighted by molar-refractivity contribution is 7.16. The minimum Gasteiger partial charge on any atom is -0.494 e. The zero-order valence-electron chi connectivity index (χ0n) is 15.1. The molecular weight excluding hydrogens is 356 g/mol. The molecule has 0 spiro atoms. The summed E-state index contributed by atoms with van der Waals surface area (Å²) in [5.41, 5.74) is 4.46. The first-order valence-electron chi connectivity index (χ1n) is 9.03. The number of anilines is 1. The van der Waals surface area contributed by atoms with E-state index < -0.39 is 0 Å². The molecule has 0 radical (unpaired) electrons. The molecule has 0 bridgehead atoms. The van der Waals surface area contributed by atoms with Crippen molar-refractivity contribution in [2.45, 2.75) is 32.1 Å². The van der Waals surface area contributed by atoms with Crippen LogP contribution in [0.4, 0.5) is 5.69 Å². The topological polar surface area (TPSA) is 51.2 Å². The highest BCUT2D eigenvalue weighted by Gasteiger charge is 2.07. The number of nitrogens with zero attached hydrogens (tertiary/aromatic N) is 1. The van der Waals surface area contributed by atoms with Gasteiger partial charge in [0.05, 0.1) is 28.8 Å². The molecule has 138 valence electrons. The van der Waals surface area contributed by atoms with Gasteiger partial charge < -0.3 is 10.1 Å². The van der Waals surface area contributed by atoms with Gasteiger partial charge in [-0.1, -0.05) is 12.1 Å². The van der Waals surface area contributed by atoms with Crippen molar-refractivity contribution in [2.24, 2.45) is 0 Å². The summed E-state index contributed by atoms with van der Waals surface area (Å²) in [6.07, 6.45) is 9.45. The number of amides is 1. The summed E-state index contributed by atoms with van der Waals surface area (Å²) in [6.45, 7) is 0.662. The molecule has 1 N–H and O–H groups in total. The predicted molar refractivity (Wildman–Crippen MR) is 111 cm³/mol. The molecule has 3 rings (SSSR count). The number of terminal acetylenes is 1. The lowest BCUT2D eigenvalue weighted by molar-refractivity contribution is -0.115. The molecule has 5 heteroatoms. The van der Waals surface area contributed by atoms with E-state index in [1.807, 2.05) is 42.5 Å². The van der Waals surface area contributed by atoms with Crippen LogP contribution in [0, 0.1) is 12.3 Å². The lowest BCUT2D eigenvalue weighted by Gasteiger charge is -2.09. The number of aromatic nitrogens is 1. The molecule has 0 unspecified atom stereocenters. The van der Waals surface area contributed by atoms with Crippen molar-refractivity contribution >= 4 is 33.1 Å². The Kier molecular flexibility index (Phi) is 6.84. The van der Waals surface area contributed by atoms with Gasteiger partial charge in [0.15, 0.2) is 0 Å². The minimum atomic E-state index is -0.0506. The molecule has 3 aromatic rings. The van der Waals surface area contributed by atoms with Gasteiger partial charge in [0, 0.05) is 12.1 Å². The average Bonchev–Trinajstić information content (AvgIpc) is 3.12. The Morgan fingerprint density at radius 2 is 2.11 bits per heavy atom. The van der Waals surface area contributed by atoms with Crippen LogP contribution in [0.5, 0.6) is 5.75 Å². The number of rotatable bonds is 9. The van der Waals surface area contributed by atoms with Gasteiger partial charge in [-0.15, -0.1) is 23.7 Å². The van der Waals surface area contributed by atoms with Crippen molar-refractivity contribution < 1.29 is 9.53 Å². The van der Waals surface area contributed by atoms with Crippen molar-refractivity contribution in [3.8, 4) is 18.1 Å². The fourth-order valence-corrected chi connectivity index (χ4v) is 3.48. The van der Waals surface area contributed by atoms with Gasteiger partial charge in [0.1, 0.15) is 5.75 Å². The van der Waals surface area contributed by atoms with Gasteiger partial charge in [-0.25, -0.2) is 4.98 Å². The lowest BCUT2D eigenvalue weighted by atomic mass is 10.1. The number of thiazole rings is 1. The molecular formula is C22H22N2O2S. The molecule has 1 amide bonds. The van der Waals surface area contributed by atoms with E-state index in [1.54, 1.807) is 16.8 Å². The third-order valence-electron chi connectivity index (χ3n) is 4.11. The number of benzene rings is 2. The Morgan fingerprint density at radius 3 is 3.00 bits per heavy atom. The van der Waals surface area contributed by atoms with Gasteiger partial charge in [0.25, 0.3) is 0 Å². The van der Waals surface area contributed by atoms with E-state index in [-0.39, 0.29) is 5.91 Å². The zero-order valence-corrected chi connectivity index (χ0v) is 15.9. The molecule has 4 nitrogen and oxygen atoms in total. The van der Waals surface area contributed by atoms with E-state index in [0.717, 1.165) is 52.9 Å². The van der Waals surface area contributed by atoms with Crippen molar-refractivity contribution in [3.63, 3.8) is 0 Å². The van der Waals surface area contributed by atoms with Crippen LogP contribution in [0.15, 0.2) is 48.0 Å². The number of hydrogen-bond donors (Lipinski definition) is 1. The second kappa shape index (κ2) is 9.75. The van der Waals surface area contributed by atoms with E-state index in [2.05, 4.69) is 16.2 Å². The van der Waals surface area contributed by atoms with Gasteiger partial charge in [-0.2, -0.15) is 0 Å². The molecule has 0 saturated heterocycles. The molecule has 0 aliphatic rings. The van der Waals surface area contributed by atoms with Gasteiger partial charge >= 0.3 is 0 Å². The quantitative estimate of drug-likeness (QED) is 0.419. The number of hydrogen-bond acceptors (Lipinski definition) is 4. The Bertz CT molecular complexity index is 943. The predicted octanol–water partition coefficient (Wildman–Crippen LogP) is 5.05. The van der Waals surface area contributed by atoms with Crippen LogP contribution in [-0.2, 0) is 11.2 Å². The summed E-state index contributed by atoms with van der Waals surface area (Å²) in [4.78, 5) is 16.6. The third-order valence-corrected chi connectivity index (χ3v) is 4.90. The van der Waals surface area contributed by atoms with Crippen LogP contribution in [-0.4, -0.2) is 17.5 Å².